The number of amides is 1. The van der Waals surface area contributed by atoms with Crippen LogP contribution in [0.15, 0.2) is 48.7 Å². The van der Waals surface area contributed by atoms with Gasteiger partial charge in [-0.1, -0.05) is 11.6 Å². The molecule has 4 rings (SSSR count). The minimum Gasteiger partial charge on any atom is -0.481 e. The molecule has 2 atom stereocenters. The largest absolute Gasteiger partial charge is 0.481 e. The Labute approximate surface area is 209 Å². The third-order valence-electron chi connectivity index (χ3n) is 6.19. The third kappa shape index (κ3) is 5.90. The van der Waals surface area contributed by atoms with Gasteiger partial charge in [0.2, 0.25) is 0 Å². The summed E-state index contributed by atoms with van der Waals surface area (Å²) >= 11 is 6.27. The summed E-state index contributed by atoms with van der Waals surface area (Å²) in [5, 5.41) is 1.16. The number of halogens is 2. The van der Waals surface area contributed by atoms with Gasteiger partial charge in [0.25, 0.3) is 5.91 Å². The highest BCUT2D eigenvalue weighted by Crippen LogP contribution is 2.34. The highest BCUT2D eigenvalue weighted by atomic mass is 35.5. The molecular formula is C27H28ClFN2O4. The molecule has 2 heterocycles. The van der Waals surface area contributed by atoms with Crippen LogP contribution in [0.25, 0.3) is 22.0 Å². The first-order chi connectivity index (χ1) is 16.9. The fourth-order valence-electron chi connectivity index (χ4n) is 4.54. The Balaban J connectivity index is 1.46. The molecule has 0 saturated carbocycles. The Kier molecular flexibility index (Phi) is 7.86. The second-order valence-electron chi connectivity index (χ2n) is 8.72. The summed E-state index contributed by atoms with van der Waals surface area (Å²) in [4.78, 5) is 31.1. The van der Waals surface area contributed by atoms with Gasteiger partial charge in [0.05, 0.1) is 23.6 Å². The molecule has 0 radical (unpaired) electrons. The van der Waals surface area contributed by atoms with Gasteiger partial charge >= 0.3 is 5.97 Å². The number of fused-ring (bicyclic) bond motifs is 1. The Morgan fingerprint density at radius 2 is 2.03 bits per heavy atom. The molecule has 1 unspecified atom stereocenters. The van der Waals surface area contributed by atoms with Crippen LogP contribution in [0.1, 0.15) is 33.1 Å². The van der Waals surface area contributed by atoms with Gasteiger partial charge in [-0.2, -0.15) is 0 Å². The molecule has 0 spiro atoms. The predicted molar refractivity (Wildman–Crippen MR) is 133 cm³/mol. The molecule has 1 saturated heterocycles. The van der Waals surface area contributed by atoms with Gasteiger partial charge in [-0.25, -0.2) is 4.39 Å². The van der Waals surface area contributed by atoms with Gasteiger partial charge in [0.15, 0.2) is 6.10 Å². The number of carbonyl (C=O) groups is 2. The maximum Gasteiger partial charge on any atom is 0.306 e. The van der Waals surface area contributed by atoms with Gasteiger partial charge in [0.1, 0.15) is 11.6 Å². The van der Waals surface area contributed by atoms with Crippen molar-refractivity contribution >= 4 is 34.4 Å². The number of hydrogen-bond donors (Lipinski definition) is 0. The van der Waals surface area contributed by atoms with Gasteiger partial charge in [-0.15, -0.1) is 0 Å². The lowest BCUT2D eigenvalue weighted by Crippen LogP contribution is -2.46. The van der Waals surface area contributed by atoms with E-state index >= 15 is 0 Å². The molecule has 35 heavy (non-hydrogen) atoms. The maximum absolute atomic E-state index is 13.5. The van der Waals surface area contributed by atoms with Crippen molar-refractivity contribution < 1.29 is 23.5 Å². The molecule has 0 N–H and O–H groups in total. The molecular weight excluding hydrogens is 471 g/mol. The lowest BCUT2D eigenvalue weighted by Gasteiger charge is -2.34. The number of aromatic nitrogens is 1. The summed E-state index contributed by atoms with van der Waals surface area (Å²) < 4.78 is 24.5. The Morgan fingerprint density at radius 1 is 1.20 bits per heavy atom. The highest BCUT2D eigenvalue weighted by molar-refractivity contribution is 6.33. The maximum atomic E-state index is 13.5. The number of nitrogens with zero attached hydrogens (tertiary/aromatic N) is 2. The smallest absolute Gasteiger partial charge is 0.306 e. The van der Waals surface area contributed by atoms with E-state index in [9.17, 15) is 14.0 Å². The van der Waals surface area contributed by atoms with Crippen LogP contribution in [0.2, 0.25) is 5.02 Å². The Hall–Kier alpha value is -3.19. The van der Waals surface area contributed by atoms with Gasteiger partial charge in [0, 0.05) is 36.3 Å². The number of piperidine rings is 1. The van der Waals surface area contributed by atoms with E-state index in [0.29, 0.717) is 48.0 Å². The van der Waals surface area contributed by atoms with Crippen molar-refractivity contribution in [1.82, 2.24) is 9.88 Å². The van der Waals surface area contributed by atoms with Crippen LogP contribution in [0.4, 0.5) is 4.39 Å². The van der Waals surface area contributed by atoms with Crippen molar-refractivity contribution in [3.63, 3.8) is 0 Å². The minimum atomic E-state index is -0.691. The lowest BCUT2D eigenvalue weighted by molar-refractivity contribution is -0.147. The second-order valence-corrected chi connectivity index (χ2v) is 9.13. The monoisotopic (exact) mass is 498 g/mol. The van der Waals surface area contributed by atoms with Gasteiger partial charge in [-0.05, 0) is 74.6 Å². The van der Waals surface area contributed by atoms with E-state index in [1.165, 1.54) is 12.1 Å². The zero-order valence-electron chi connectivity index (χ0n) is 19.8. The Morgan fingerprint density at radius 3 is 2.80 bits per heavy atom. The van der Waals surface area contributed by atoms with E-state index in [0.717, 1.165) is 23.8 Å². The second kappa shape index (κ2) is 11.0. The standard InChI is InChI=1S/C27H28ClFN2O4/c1-3-34-26(32)13-18-5-4-12-31(16-18)27(33)17(2)35-20-7-9-23-21(10-11-30-25(23)15-20)22-8-6-19(29)14-24(22)28/h6-11,14-15,17-18H,3-5,12-13,16H2,1-2H3/t17?,18-/m1/s1. The van der Waals surface area contributed by atoms with E-state index < -0.39 is 11.9 Å². The van der Waals surface area contributed by atoms with Gasteiger partial charge in [-0.3, -0.25) is 14.6 Å². The first-order valence-electron chi connectivity index (χ1n) is 11.8. The number of pyridine rings is 1. The van der Waals surface area contributed by atoms with Crippen molar-refractivity contribution in [2.45, 2.75) is 39.2 Å². The fraction of sp³-hybridized carbons (Fsp3) is 0.370. The van der Waals surface area contributed by atoms with Crippen molar-refractivity contribution in [3.8, 4) is 16.9 Å². The highest BCUT2D eigenvalue weighted by Gasteiger charge is 2.29. The van der Waals surface area contributed by atoms with Crippen molar-refractivity contribution in [2.24, 2.45) is 5.92 Å². The topological polar surface area (TPSA) is 68.7 Å². The number of esters is 1. The van der Waals surface area contributed by atoms with E-state index in [1.54, 1.807) is 43.1 Å². The van der Waals surface area contributed by atoms with Crippen LogP contribution in [-0.2, 0) is 14.3 Å². The van der Waals surface area contributed by atoms with Crippen molar-refractivity contribution in [1.29, 1.82) is 0 Å². The first kappa shape index (κ1) is 24.9. The van der Waals surface area contributed by atoms with Crippen LogP contribution in [0, 0.1) is 11.7 Å². The van der Waals surface area contributed by atoms with Crippen LogP contribution in [0.3, 0.4) is 0 Å². The van der Waals surface area contributed by atoms with E-state index in [4.69, 9.17) is 21.1 Å². The molecule has 184 valence electrons. The Bertz CT molecular complexity index is 1240. The number of likely N-dealkylation sites (tertiary alicyclic amines) is 1. The molecule has 3 aromatic rings. The quantitative estimate of drug-likeness (QED) is 0.393. The van der Waals surface area contributed by atoms with E-state index in [1.807, 2.05) is 12.1 Å². The normalized spacial score (nSPS) is 16.7. The van der Waals surface area contributed by atoms with Crippen LogP contribution < -0.4 is 4.74 Å². The molecule has 0 bridgehead atoms. The molecule has 1 fully saturated rings. The molecule has 0 aliphatic carbocycles. The average Bonchev–Trinajstić information content (AvgIpc) is 2.83. The summed E-state index contributed by atoms with van der Waals surface area (Å²) in [6, 6.07) is 11.6. The van der Waals surface area contributed by atoms with Crippen LogP contribution >= 0.6 is 11.6 Å². The van der Waals surface area contributed by atoms with Gasteiger partial charge < -0.3 is 14.4 Å². The summed E-state index contributed by atoms with van der Waals surface area (Å²) in [6.45, 7) is 5.04. The summed E-state index contributed by atoms with van der Waals surface area (Å²) in [5.41, 5.74) is 2.21. The number of ether oxygens (including phenoxy) is 2. The lowest BCUT2D eigenvalue weighted by atomic mass is 9.94. The molecule has 1 aromatic heterocycles. The molecule has 8 heteroatoms. The van der Waals surface area contributed by atoms with E-state index in [2.05, 4.69) is 4.98 Å². The van der Waals surface area contributed by atoms with Crippen molar-refractivity contribution in [3.05, 3.63) is 59.5 Å². The van der Waals surface area contributed by atoms with Crippen molar-refractivity contribution in [2.75, 3.05) is 19.7 Å². The van der Waals surface area contributed by atoms with Crippen LogP contribution in [-0.4, -0.2) is 47.6 Å². The number of hydrogen-bond acceptors (Lipinski definition) is 5. The first-order valence-corrected chi connectivity index (χ1v) is 12.2. The van der Waals surface area contributed by atoms with Crippen LogP contribution in [0.5, 0.6) is 5.75 Å². The molecule has 6 nitrogen and oxygen atoms in total. The number of rotatable bonds is 7. The molecule has 1 aliphatic heterocycles. The zero-order chi connectivity index (χ0) is 24.9. The summed E-state index contributed by atoms with van der Waals surface area (Å²) in [6.07, 6.45) is 3.03. The third-order valence-corrected chi connectivity index (χ3v) is 6.50. The predicted octanol–water partition coefficient (Wildman–Crippen LogP) is 5.65. The summed E-state index contributed by atoms with van der Waals surface area (Å²) in [5.74, 6) is -0.110. The summed E-state index contributed by atoms with van der Waals surface area (Å²) in [7, 11) is 0. The number of benzene rings is 2. The molecule has 1 amide bonds. The zero-order valence-corrected chi connectivity index (χ0v) is 20.6. The minimum absolute atomic E-state index is 0.0977. The average molecular weight is 499 g/mol. The number of carbonyl (C=O) groups excluding carboxylic acids is 2. The molecule has 2 aromatic carbocycles. The fourth-order valence-corrected chi connectivity index (χ4v) is 4.81. The molecule has 1 aliphatic rings. The SMILES string of the molecule is CCOC(=O)C[C@H]1CCCN(C(=O)C(C)Oc2ccc3c(-c4ccc(F)cc4Cl)ccnc3c2)C1. The van der Waals surface area contributed by atoms with E-state index in [-0.39, 0.29) is 17.8 Å².